The van der Waals surface area contributed by atoms with Crippen molar-refractivity contribution in [3.8, 4) is 0 Å². The number of carbonyl (C=O) groups is 1. The molecule has 0 radical (unpaired) electrons. The second kappa shape index (κ2) is 5.58. The Labute approximate surface area is 121 Å². The van der Waals surface area contributed by atoms with Gasteiger partial charge < -0.3 is 0 Å². The third-order valence-electron chi connectivity index (χ3n) is 2.67. The number of aromatic amines is 1. The first-order valence-corrected chi connectivity index (χ1v) is 5.85. The molecule has 0 aliphatic carbocycles. The maximum Gasteiger partial charge on any atom is 0.432 e. The summed E-state index contributed by atoms with van der Waals surface area (Å²) in [7, 11) is 1.39. The molecule has 1 amide bonds. The van der Waals surface area contributed by atoms with Gasteiger partial charge in [0.1, 0.15) is 5.69 Å². The Morgan fingerprint density at radius 1 is 1.50 bits per heavy atom. The molecule has 0 bridgehead atoms. The predicted octanol–water partition coefficient (Wildman–Crippen LogP) is 1.37. The molecule has 2 aromatic heterocycles. The van der Waals surface area contributed by atoms with Crippen LogP contribution in [0.2, 0.25) is 0 Å². The summed E-state index contributed by atoms with van der Waals surface area (Å²) in [4.78, 5) is 11.6. The minimum absolute atomic E-state index is 0.0563. The fourth-order valence-electron chi connectivity index (χ4n) is 1.59. The van der Waals surface area contributed by atoms with Crippen LogP contribution in [0.5, 0.6) is 0 Å². The van der Waals surface area contributed by atoms with Crippen molar-refractivity contribution in [2.45, 2.75) is 13.1 Å². The molecule has 0 atom stereocenters. The van der Waals surface area contributed by atoms with Crippen molar-refractivity contribution in [1.82, 2.24) is 25.4 Å². The molecule has 0 aliphatic heterocycles. The lowest BCUT2D eigenvalue weighted by Gasteiger charge is -1.99. The van der Waals surface area contributed by atoms with E-state index in [2.05, 4.69) is 15.3 Å². The van der Waals surface area contributed by atoms with Gasteiger partial charge in [-0.05, 0) is 6.92 Å². The quantitative estimate of drug-likeness (QED) is 0.509. The number of alkyl halides is 3. The second-order valence-corrected chi connectivity index (χ2v) is 4.28. The SMILES string of the molecule is Cc1nn(C)c(F)c1C=NNC(=O)c1cc(C(F)(F)F)[nH]n1. The van der Waals surface area contributed by atoms with Crippen LogP contribution in [-0.4, -0.2) is 32.1 Å². The highest BCUT2D eigenvalue weighted by molar-refractivity contribution is 5.93. The van der Waals surface area contributed by atoms with E-state index in [9.17, 15) is 22.4 Å². The number of halogens is 4. The van der Waals surface area contributed by atoms with Crippen LogP contribution in [0.3, 0.4) is 0 Å². The number of H-pyrrole nitrogens is 1. The molecule has 22 heavy (non-hydrogen) atoms. The fraction of sp³-hybridized carbons (Fsp3) is 0.273. The summed E-state index contributed by atoms with van der Waals surface area (Å²) in [6.45, 7) is 1.54. The van der Waals surface area contributed by atoms with Gasteiger partial charge in [-0.3, -0.25) is 9.89 Å². The summed E-state index contributed by atoms with van der Waals surface area (Å²) < 4.78 is 51.6. The predicted molar refractivity (Wildman–Crippen MR) is 66.6 cm³/mol. The first-order chi connectivity index (χ1) is 10.2. The van der Waals surface area contributed by atoms with Crippen molar-refractivity contribution >= 4 is 12.1 Å². The number of hydrogen-bond donors (Lipinski definition) is 2. The molecular weight excluding hydrogens is 308 g/mol. The molecule has 0 unspecified atom stereocenters. The van der Waals surface area contributed by atoms with Gasteiger partial charge in [0.2, 0.25) is 5.95 Å². The van der Waals surface area contributed by atoms with Crippen LogP contribution in [0, 0.1) is 12.9 Å². The van der Waals surface area contributed by atoms with E-state index in [1.54, 1.807) is 5.10 Å². The normalized spacial score (nSPS) is 12.1. The molecule has 0 spiro atoms. The summed E-state index contributed by atoms with van der Waals surface area (Å²) in [6.07, 6.45) is -3.63. The molecule has 118 valence electrons. The third kappa shape index (κ3) is 3.13. The van der Waals surface area contributed by atoms with E-state index in [0.717, 1.165) is 10.9 Å². The largest absolute Gasteiger partial charge is 0.432 e. The van der Waals surface area contributed by atoms with E-state index in [4.69, 9.17) is 0 Å². The number of nitrogens with zero attached hydrogens (tertiary/aromatic N) is 4. The van der Waals surface area contributed by atoms with Gasteiger partial charge in [-0.1, -0.05) is 0 Å². The molecule has 2 aromatic rings. The lowest BCUT2D eigenvalue weighted by atomic mass is 10.3. The highest BCUT2D eigenvalue weighted by Gasteiger charge is 2.33. The molecular formula is C11H10F4N6O. The Hall–Kier alpha value is -2.72. The Bertz CT molecular complexity index is 730. The van der Waals surface area contributed by atoms with Crippen molar-refractivity contribution < 1.29 is 22.4 Å². The van der Waals surface area contributed by atoms with Gasteiger partial charge >= 0.3 is 6.18 Å². The Morgan fingerprint density at radius 2 is 2.18 bits per heavy atom. The van der Waals surface area contributed by atoms with Gasteiger partial charge in [0.15, 0.2) is 5.69 Å². The van der Waals surface area contributed by atoms with E-state index in [0.29, 0.717) is 11.8 Å². The number of aryl methyl sites for hydroxylation is 2. The summed E-state index contributed by atoms with van der Waals surface area (Å²) in [5, 5.41) is 12.2. The van der Waals surface area contributed by atoms with E-state index < -0.39 is 29.4 Å². The highest BCUT2D eigenvalue weighted by atomic mass is 19.4. The molecule has 2 rings (SSSR count). The second-order valence-electron chi connectivity index (χ2n) is 4.28. The zero-order valence-corrected chi connectivity index (χ0v) is 11.4. The van der Waals surface area contributed by atoms with E-state index in [-0.39, 0.29) is 5.56 Å². The fourth-order valence-corrected chi connectivity index (χ4v) is 1.59. The zero-order chi connectivity index (χ0) is 16.5. The molecule has 0 saturated heterocycles. The molecule has 0 aromatic carbocycles. The lowest BCUT2D eigenvalue weighted by Crippen LogP contribution is -2.18. The maximum atomic E-state index is 13.6. The van der Waals surface area contributed by atoms with Crippen LogP contribution >= 0.6 is 0 Å². The summed E-state index contributed by atoms with van der Waals surface area (Å²) in [6, 6.07) is 0.542. The van der Waals surface area contributed by atoms with Crippen molar-refractivity contribution in [3.05, 3.63) is 34.7 Å². The van der Waals surface area contributed by atoms with Crippen molar-refractivity contribution in [2.24, 2.45) is 12.1 Å². The summed E-state index contributed by atoms with van der Waals surface area (Å²) in [5.41, 5.74) is 0.704. The number of aromatic nitrogens is 4. The monoisotopic (exact) mass is 318 g/mol. The van der Waals surface area contributed by atoms with Gasteiger partial charge in [0.25, 0.3) is 5.91 Å². The molecule has 7 nitrogen and oxygen atoms in total. The smallest absolute Gasteiger partial charge is 0.273 e. The lowest BCUT2D eigenvalue weighted by molar-refractivity contribution is -0.141. The average molecular weight is 318 g/mol. The van der Waals surface area contributed by atoms with E-state index in [1.807, 2.05) is 5.43 Å². The number of amides is 1. The number of rotatable bonds is 3. The van der Waals surface area contributed by atoms with Crippen molar-refractivity contribution in [2.75, 3.05) is 0 Å². The van der Waals surface area contributed by atoms with E-state index in [1.165, 1.54) is 14.0 Å². The van der Waals surface area contributed by atoms with Crippen molar-refractivity contribution in [1.29, 1.82) is 0 Å². The zero-order valence-electron chi connectivity index (χ0n) is 11.4. The van der Waals surface area contributed by atoms with Crippen LogP contribution < -0.4 is 5.43 Å². The van der Waals surface area contributed by atoms with Gasteiger partial charge in [0, 0.05) is 13.1 Å². The molecule has 2 N–H and O–H groups in total. The number of carbonyl (C=O) groups excluding carboxylic acids is 1. The van der Waals surface area contributed by atoms with Gasteiger partial charge in [0.05, 0.1) is 17.5 Å². The topological polar surface area (TPSA) is 88.0 Å². The average Bonchev–Trinajstić information content (AvgIpc) is 2.99. The molecule has 11 heteroatoms. The van der Waals surface area contributed by atoms with E-state index >= 15 is 0 Å². The highest BCUT2D eigenvalue weighted by Crippen LogP contribution is 2.27. The molecule has 2 heterocycles. The van der Waals surface area contributed by atoms with Crippen molar-refractivity contribution in [3.63, 3.8) is 0 Å². The summed E-state index contributed by atoms with van der Waals surface area (Å²) >= 11 is 0. The van der Waals surface area contributed by atoms with Crippen LogP contribution in [-0.2, 0) is 13.2 Å². The van der Waals surface area contributed by atoms with Crippen LogP contribution in [0.25, 0.3) is 0 Å². The Kier molecular flexibility index (Phi) is 3.97. The van der Waals surface area contributed by atoms with Gasteiger partial charge in [-0.2, -0.15) is 32.9 Å². The Morgan fingerprint density at radius 3 is 2.68 bits per heavy atom. The van der Waals surface area contributed by atoms with Crippen LogP contribution in [0.15, 0.2) is 11.2 Å². The molecule has 0 fully saturated rings. The molecule has 0 aliphatic rings. The number of nitrogens with one attached hydrogen (secondary N) is 2. The van der Waals surface area contributed by atoms with Gasteiger partial charge in [-0.25, -0.2) is 10.1 Å². The van der Waals surface area contributed by atoms with Crippen LogP contribution in [0.1, 0.15) is 27.4 Å². The maximum absolute atomic E-state index is 13.6. The minimum Gasteiger partial charge on any atom is -0.273 e. The first kappa shape index (κ1) is 15.7. The van der Waals surface area contributed by atoms with Crippen LogP contribution in [0.4, 0.5) is 17.6 Å². The minimum atomic E-state index is -4.63. The standard InChI is InChI=1S/C11H10F4N6O/c1-5-6(9(12)21(2)20-5)4-16-19-10(22)7-3-8(18-17-7)11(13,14)15/h3-4H,1-2H3,(H,17,18)(H,19,22). The first-order valence-electron chi connectivity index (χ1n) is 5.85. The summed E-state index contributed by atoms with van der Waals surface area (Å²) in [5.74, 6) is -1.63. The molecule has 0 saturated carbocycles. The van der Waals surface area contributed by atoms with Gasteiger partial charge in [-0.15, -0.1) is 0 Å². The third-order valence-corrected chi connectivity index (χ3v) is 2.67. The number of hydrazone groups is 1. The Balaban J connectivity index is 2.07. The number of hydrogen-bond acceptors (Lipinski definition) is 4.